The Bertz CT molecular complexity index is 521. The van der Waals surface area contributed by atoms with Gasteiger partial charge in [-0.25, -0.2) is 9.37 Å². The summed E-state index contributed by atoms with van der Waals surface area (Å²) in [6, 6.07) is 1.49. The van der Waals surface area contributed by atoms with E-state index in [1.54, 1.807) is 0 Å². The van der Waals surface area contributed by atoms with Gasteiger partial charge in [-0.15, -0.1) is 0 Å². The molecule has 1 aliphatic heterocycles. The van der Waals surface area contributed by atoms with Crippen molar-refractivity contribution in [3.8, 4) is 0 Å². The Morgan fingerprint density at radius 1 is 1.30 bits per heavy atom. The zero-order chi connectivity index (χ0) is 14.1. The van der Waals surface area contributed by atoms with Crippen molar-refractivity contribution >= 4 is 17.5 Å². The maximum Gasteiger partial charge on any atom is 0.257 e. The maximum absolute atomic E-state index is 13.3. The van der Waals surface area contributed by atoms with Crippen LogP contribution in [0.25, 0.3) is 0 Å². The number of rotatable bonds is 1. The second-order valence-corrected chi connectivity index (χ2v) is 6.10. The van der Waals surface area contributed by atoms with Gasteiger partial charge in [-0.1, -0.05) is 24.4 Å². The molecule has 0 aromatic carbocycles. The van der Waals surface area contributed by atoms with Crippen molar-refractivity contribution in [2.75, 3.05) is 6.54 Å². The van der Waals surface area contributed by atoms with E-state index in [0.29, 0.717) is 12.0 Å². The van der Waals surface area contributed by atoms with Crippen molar-refractivity contribution in [2.45, 2.75) is 44.6 Å². The van der Waals surface area contributed by atoms with Crippen molar-refractivity contribution < 1.29 is 9.18 Å². The average Bonchev–Trinajstić information content (AvgIpc) is 2.48. The maximum atomic E-state index is 13.3. The highest BCUT2D eigenvalue weighted by molar-refractivity contribution is 6.32. The second kappa shape index (κ2) is 5.68. The molecule has 2 heterocycles. The Morgan fingerprint density at radius 3 is 2.90 bits per heavy atom. The van der Waals surface area contributed by atoms with E-state index in [9.17, 15) is 9.18 Å². The third-order valence-electron chi connectivity index (χ3n) is 4.54. The van der Waals surface area contributed by atoms with Gasteiger partial charge in [-0.3, -0.25) is 4.79 Å². The van der Waals surface area contributed by atoms with Crippen molar-refractivity contribution in [3.63, 3.8) is 0 Å². The molecule has 0 spiro atoms. The molecule has 1 amide bonds. The number of nitrogens with zero attached hydrogens (tertiary/aromatic N) is 2. The summed E-state index contributed by atoms with van der Waals surface area (Å²) in [4.78, 5) is 18.3. The van der Waals surface area contributed by atoms with Crippen LogP contribution < -0.4 is 0 Å². The molecule has 1 saturated carbocycles. The van der Waals surface area contributed by atoms with Crippen LogP contribution in [-0.2, 0) is 0 Å². The SMILES string of the molecule is O=C(c1cc(F)cnc1Cl)N1CCCC2CCCCC21. The van der Waals surface area contributed by atoms with Crippen LogP contribution in [0, 0.1) is 11.7 Å². The van der Waals surface area contributed by atoms with Gasteiger partial charge in [0.15, 0.2) is 0 Å². The number of amides is 1. The van der Waals surface area contributed by atoms with Crippen LogP contribution in [0.3, 0.4) is 0 Å². The van der Waals surface area contributed by atoms with Crippen molar-refractivity contribution in [3.05, 3.63) is 28.8 Å². The van der Waals surface area contributed by atoms with E-state index >= 15 is 0 Å². The number of piperidine rings is 1. The largest absolute Gasteiger partial charge is 0.335 e. The molecule has 2 aliphatic rings. The number of hydrogen-bond donors (Lipinski definition) is 0. The Morgan fingerprint density at radius 2 is 2.05 bits per heavy atom. The number of carbonyl (C=O) groups is 1. The third kappa shape index (κ3) is 2.53. The first-order valence-electron chi connectivity index (χ1n) is 7.29. The van der Waals surface area contributed by atoms with Crippen LogP contribution in [0.2, 0.25) is 5.15 Å². The molecule has 108 valence electrons. The molecule has 1 aromatic rings. The zero-order valence-electron chi connectivity index (χ0n) is 11.3. The summed E-state index contributed by atoms with van der Waals surface area (Å²) in [5.74, 6) is -0.0877. The normalized spacial score (nSPS) is 26.2. The number of pyridine rings is 1. The van der Waals surface area contributed by atoms with Crippen molar-refractivity contribution in [2.24, 2.45) is 5.92 Å². The van der Waals surface area contributed by atoms with E-state index < -0.39 is 5.82 Å². The number of halogens is 2. The van der Waals surface area contributed by atoms with E-state index in [0.717, 1.165) is 25.6 Å². The summed E-state index contributed by atoms with van der Waals surface area (Å²) in [7, 11) is 0. The Hall–Kier alpha value is -1.16. The number of fused-ring (bicyclic) bond motifs is 1. The quantitative estimate of drug-likeness (QED) is 0.741. The van der Waals surface area contributed by atoms with Crippen molar-refractivity contribution in [1.82, 2.24) is 9.88 Å². The van der Waals surface area contributed by atoms with Gasteiger partial charge in [-0.2, -0.15) is 0 Å². The average molecular weight is 297 g/mol. The molecule has 20 heavy (non-hydrogen) atoms. The summed E-state index contributed by atoms with van der Waals surface area (Å²) in [5.41, 5.74) is 0.192. The van der Waals surface area contributed by atoms with E-state index in [1.165, 1.54) is 31.7 Å². The first kappa shape index (κ1) is 13.8. The first-order chi connectivity index (χ1) is 9.66. The highest BCUT2D eigenvalue weighted by Crippen LogP contribution is 2.36. The Labute approximate surface area is 123 Å². The van der Waals surface area contributed by atoms with Gasteiger partial charge < -0.3 is 4.90 Å². The Balaban J connectivity index is 1.87. The van der Waals surface area contributed by atoms with Gasteiger partial charge in [0, 0.05) is 12.6 Å². The molecule has 5 heteroatoms. The molecule has 0 N–H and O–H groups in total. The van der Waals surface area contributed by atoms with Crippen LogP contribution >= 0.6 is 11.6 Å². The highest BCUT2D eigenvalue weighted by atomic mass is 35.5. The summed E-state index contributed by atoms with van der Waals surface area (Å²) >= 11 is 5.96. The fraction of sp³-hybridized carbons (Fsp3) is 0.600. The molecule has 1 aliphatic carbocycles. The lowest BCUT2D eigenvalue weighted by molar-refractivity contribution is 0.0390. The predicted octanol–water partition coefficient (Wildman–Crippen LogP) is 3.67. The molecule has 1 saturated heterocycles. The molecule has 3 nitrogen and oxygen atoms in total. The summed E-state index contributed by atoms with van der Waals surface area (Å²) < 4.78 is 13.3. The lowest BCUT2D eigenvalue weighted by atomic mass is 9.78. The van der Waals surface area contributed by atoms with E-state index in [2.05, 4.69) is 4.98 Å². The number of likely N-dealkylation sites (tertiary alicyclic amines) is 1. The zero-order valence-corrected chi connectivity index (χ0v) is 12.1. The fourth-order valence-electron chi connectivity index (χ4n) is 3.60. The minimum Gasteiger partial charge on any atom is -0.335 e. The molecular formula is C15H18ClFN2O. The molecular weight excluding hydrogens is 279 g/mol. The van der Waals surface area contributed by atoms with Gasteiger partial charge in [0.25, 0.3) is 5.91 Å². The molecule has 0 radical (unpaired) electrons. The summed E-state index contributed by atoms with van der Waals surface area (Å²) in [6.07, 6.45) is 7.93. The molecule has 2 unspecified atom stereocenters. The topological polar surface area (TPSA) is 33.2 Å². The van der Waals surface area contributed by atoms with Crippen molar-refractivity contribution in [1.29, 1.82) is 0 Å². The minimum absolute atomic E-state index is 0.0920. The van der Waals surface area contributed by atoms with Crippen LogP contribution in [0.15, 0.2) is 12.3 Å². The summed E-state index contributed by atoms with van der Waals surface area (Å²) in [6.45, 7) is 0.743. The monoisotopic (exact) mass is 296 g/mol. The van der Waals surface area contributed by atoms with Crippen LogP contribution in [0.5, 0.6) is 0 Å². The molecule has 0 bridgehead atoms. The van der Waals surface area contributed by atoms with Gasteiger partial charge in [0.2, 0.25) is 0 Å². The van der Waals surface area contributed by atoms with Gasteiger partial charge >= 0.3 is 0 Å². The summed E-state index contributed by atoms with van der Waals surface area (Å²) in [5, 5.41) is 0.0920. The molecule has 2 fully saturated rings. The number of aromatic nitrogens is 1. The van der Waals surface area contributed by atoms with Crippen LogP contribution in [0.4, 0.5) is 4.39 Å². The number of hydrogen-bond acceptors (Lipinski definition) is 2. The first-order valence-corrected chi connectivity index (χ1v) is 7.66. The lowest BCUT2D eigenvalue weighted by Crippen LogP contribution is -2.49. The van der Waals surface area contributed by atoms with E-state index in [1.807, 2.05) is 4.90 Å². The second-order valence-electron chi connectivity index (χ2n) is 5.74. The predicted molar refractivity (Wildman–Crippen MR) is 75.2 cm³/mol. The van der Waals surface area contributed by atoms with E-state index in [-0.39, 0.29) is 16.6 Å². The minimum atomic E-state index is -0.519. The van der Waals surface area contributed by atoms with E-state index in [4.69, 9.17) is 11.6 Å². The standard InChI is InChI=1S/C15H18ClFN2O/c16-14-12(8-11(17)9-18-14)15(20)19-7-3-5-10-4-1-2-6-13(10)19/h8-10,13H,1-7H2. The number of carbonyl (C=O) groups excluding carboxylic acids is 1. The van der Waals surface area contributed by atoms with Crippen LogP contribution in [-0.4, -0.2) is 28.4 Å². The molecule has 3 rings (SSSR count). The van der Waals surface area contributed by atoms with Gasteiger partial charge in [0.1, 0.15) is 11.0 Å². The molecule has 2 atom stereocenters. The highest BCUT2D eigenvalue weighted by Gasteiger charge is 2.36. The van der Waals surface area contributed by atoms with Gasteiger partial charge in [-0.05, 0) is 37.7 Å². The molecule has 1 aromatic heterocycles. The fourth-order valence-corrected chi connectivity index (χ4v) is 3.79. The van der Waals surface area contributed by atoms with Crippen LogP contribution in [0.1, 0.15) is 48.9 Å². The van der Waals surface area contributed by atoms with Gasteiger partial charge in [0.05, 0.1) is 11.8 Å². The third-order valence-corrected chi connectivity index (χ3v) is 4.84. The smallest absolute Gasteiger partial charge is 0.257 e. The Kier molecular flexibility index (Phi) is 3.92. The lowest BCUT2D eigenvalue weighted by Gasteiger charge is -2.44.